The van der Waals surface area contributed by atoms with Crippen LogP contribution in [-0.2, 0) is 28.6 Å². The number of carbonyl (C=O) groups is 3. The Bertz CT molecular complexity index is 1350. The molecule has 0 saturated heterocycles. The normalized spacial score (nSPS) is 12.8. The van der Waals surface area contributed by atoms with Gasteiger partial charge in [0.05, 0.1) is 0 Å². The Morgan fingerprint density at radius 1 is 0.313 bits per heavy atom. The number of allylic oxidation sites excluding steroid dienone is 16. The number of rotatable bonds is 49. The van der Waals surface area contributed by atoms with Gasteiger partial charge in [-0.25, -0.2) is 0 Å². The smallest absolute Gasteiger partial charge is 0.306 e. The summed E-state index contributed by atoms with van der Waals surface area (Å²) in [7, 11) is 0. The highest BCUT2D eigenvalue weighted by molar-refractivity contribution is 5.71. The van der Waals surface area contributed by atoms with Crippen molar-refractivity contribution in [2.24, 2.45) is 0 Å². The summed E-state index contributed by atoms with van der Waals surface area (Å²) < 4.78 is 16.8. The first-order valence-electron chi connectivity index (χ1n) is 27.7. The van der Waals surface area contributed by atoms with Gasteiger partial charge >= 0.3 is 17.9 Å². The third kappa shape index (κ3) is 53.2. The van der Waals surface area contributed by atoms with Crippen molar-refractivity contribution in [3.8, 4) is 0 Å². The molecular formula is C61H102O6. The highest BCUT2D eigenvalue weighted by Gasteiger charge is 2.19. The summed E-state index contributed by atoms with van der Waals surface area (Å²) in [6.07, 6.45) is 72.5. The van der Waals surface area contributed by atoms with Gasteiger partial charge in [-0.3, -0.25) is 14.4 Å². The van der Waals surface area contributed by atoms with Crippen LogP contribution in [0.5, 0.6) is 0 Å². The van der Waals surface area contributed by atoms with Crippen LogP contribution < -0.4 is 0 Å². The highest BCUT2D eigenvalue weighted by Crippen LogP contribution is 2.13. The number of hydrogen-bond acceptors (Lipinski definition) is 6. The van der Waals surface area contributed by atoms with E-state index in [9.17, 15) is 14.4 Å². The first kappa shape index (κ1) is 63.3. The van der Waals surface area contributed by atoms with Crippen molar-refractivity contribution in [2.45, 2.75) is 258 Å². The molecule has 0 bridgehead atoms. The molecular weight excluding hydrogens is 829 g/mol. The molecule has 0 radical (unpaired) electrons. The van der Waals surface area contributed by atoms with Crippen LogP contribution in [0.15, 0.2) is 97.2 Å². The van der Waals surface area contributed by atoms with Crippen LogP contribution in [-0.4, -0.2) is 37.2 Å². The second kappa shape index (κ2) is 54.9. The topological polar surface area (TPSA) is 78.9 Å². The molecule has 0 heterocycles. The molecule has 1 atom stereocenters. The van der Waals surface area contributed by atoms with Crippen LogP contribution in [0.1, 0.15) is 252 Å². The minimum Gasteiger partial charge on any atom is -0.462 e. The third-order valence-electron chi connectivity index (χ3n) is 11.5. The predicted octanol–water partition coefficient (Wildman–Crippen LogP) is 18.5. The van der Waals surface area contributed by atoms with Crippen LogP contribution >= 0.6 is 0 Å². The van der Waals surface area contributed by atoms with Gasteiger partial charge in [-0.2, -0.15) is 0 Å². The fourth-order valence-electron chi connectivity index (χ4n) is 7.37. The Balaban J connectivity index is 4.49. The van der Waals surface area contributed by atoms with E-state index in [4.69, 9.17) is 14.2 Å². The maximum Gasteiger partial charge on any atom is 0.306 e. The monoisotopic (exact) mass is 931 g/mol. The molecule has 0 aromatic heterocycles. The SMILES string of the molecule is CC/C=C\C/C=C\C/C=C\CCCCCCCC(=O)O[C@H](COC(=O)CCCCC/C=C\C/C=C\C/C=C\C/C=C\CCCCC)COC(=O)CCCCCCC/C=C\CCCCCCCC. The van der Waals surface area contributed by atoms with Gasteiger partial charge in [-0.05, 0) is 122 Å². The molecule has 0 aliphatic rings. The minimum atomic E-state index is -0.804. The Morgan fingerprint density at radius 3 is 0.970 bits per heavy atom. The largest absolute Gasteiger partial charge is 0.462 e. The molecule has 0 aliphatic carbocycles. The van der Waals surface area contributed by atoms with Crippen LogP contribution in [0.3, 0.4) is 0 Å². The van der Waals surface area contributed by atoms with Gasteiger partial charge in [0.1, 0.15) is 13.2 Å². The van der Waals surface area contributed by atoms with Crippen molar-refractivity contribution in [1.29, 1.82) is 0 Å². The lowest BCUT2D eigenvalue weighted by molar-refractivity contribution is -0.167. The lowest BCUT2D eigenvalue weighted by Crippen LogP contribution is -2.30. The van der Waals surface area contributed by atoms with Gasteiger partial charge in [0.25, 0.3) is 0 Å². The Morgan fingerprint density at radius 2 is 0.582 bits per heavy atom. The number of unbranched alkanes of at least 4 members (excludes halogenated alkanes) is 22. The molecule has 6 heteroatoms. The summed E-state index contributed by atoms with van der Waals surface area (Å²) in [6, 6.07) is 0. The van der Waals surface area contributed by atoms with Crippen molar-refractivity contribution >= 4 is 17.9 Å². The molecule has 0 aliphatic heterocycles. The predicted molar refractivity (Wildman–Crippen MR) is 288 cm³/mol. The molecule has 0 N–H and O–H groups in total. The van der Waals surface area contributed by atoms with E-state index in [2.05, 4.69) is 118 Å². The lowest BCUT2D eigenvalue weighted by atomic mass is 10.1. The van der Waals surface area contributed by atoms with Crippen LogP contribution in [0, 0.1) is 0 Å². The first-order chi connectivity index (χ1) is 33.0. The second-order valence-electron chi connectivity index (χ2n) is 18.1. The second-order valence-corrected chi connectivity index (χ2v) is 18.1. The maximum absolute atomic E-state index is 12.8. The van der Waals surface area contributed by atoms with E-state index in [0.717, 1.165) is 128 Å². The molecule has 0 rings (SSSR count). The zero-order valence-electron chi connectivity index (χ0n) is 43.6. The molecule has 0 aromatic rings. The molecule has 0 aromatic carbocycles. The summed E-state index contributed by atoms with van der Waals surface area (Å²) in [4.78, 5) is 38.1. The molecule has 0 saturated carbocycles. The average Bonchev–Trinajstić information content (AvgIpc) is 3.33. The minimum absolute atomic E-state index is 0.1000. The number of esters is 3. The molecule has 6 nitrogen and oxygen atoms in total. The number of hydrogen-bond donors (Lipinski definition) is 0. The van der Waals surface area contributed by atoms with Crippen molar-refractivity contribution in [3.63, 3.8) is 0 Å². The van der Waals surface area contributed by atoms with Gasteiger partial charge in [0, 0.05) is 19.3 Å². The average molecular weight is 931 g/mol. The van der Waals surface area contributed by atoms with Crippen molar-refractivity contribution in [2.75, 3.05) is 13.2 Å². The fourth-order valence-corrected chi connectivity index (χ4v) is 7.37. The molecule has 67 heavy (non-hydrogen) atoms. The maximum atomic E-state index is 12.8. The molecule has 0 spiro atoms. The van der Waals surface area contributed by atoms with Crippen LogP contribution in [0.2, 0.25) is 0 Å². The summed E-state index contributed by atoms with van der Waals surface area (Å²) in [5, 5.41) is 0. The molecule has 0 amide bonds. The van der Waals surface area contributed by atoms with Crippen LogP contribution in [0.25, 0.3) is 0 Å². The number of carbonyl (C=O) groups excluding carboxylic acids is 3. The standard InChI is InChI=1S/C61H102O6/c1-4-7-10-13-16-19-22-25-28-29-30-31-34-36-39-42-45-48-51-54-60(63)66-57-58(67-61(64)55-52-49-46-43-40-37-33-27-24-21-18-15-12-9-6-3)56-65-59(62)53-50-47-44-41-38-35-32-26-23-20-17-14-11-8-5-2/h9,12,16,18-19,21,25-28,30-33,36,39,58H,4-8,10-11,13-15,17,20,22-24,29,34-35,37-38,40-57H2,1-3H3/b12-9-,19-16-,21-18-,28-25-,31-30-,32-26-,33-27-,39-36-/t58-/m0/s1. The van der Waals surface area contributed by atoms with E-state index in [0.29, 0.717) is 19.3 Å². The Hall–Kier alpha value is -3.67. The quantitative estimate of drug-likeness (QED) is 0.0262. The van der Waals surface area contributed by atoms with Gasteiger partial charge in [-0.1, -0.05) is 208 Å². The van der Waals surface area contributed by atoms with Gasteiger partial charge in [0.15, 0.2) is 6.10 Å². The summed E-state index contributed by atoms with van der Waals surface area (Å²) in [5.41, 5.74) is 0. The van der Waals surface area contributed by atoms with E-state index in [1.54, 1.807) is 0 Å². The highest BCUT2D eigenvalue weighted by atomic mass is 16.6. The van der Waals surface area contributed by atoms with Crippen molar-refractivity contribution in [3.05, 3.63) is 97.2 Å². The first-order valence-corrected chi connectivity index (χ1v) is 27.7. The molecule has 382 valence electrons. The molecule has 0 unspecified atom stereocenters. The Kier molecular flexibility index (Phi) is 51.9. The zero-order valence-corrected chi connectivity index (χ0v) is 43.6. The molecule has 0 fully saturated rings. The van der Waals surface area contributed by atoms with Crippen molar-refractivity contribution in [1.82, 2.24) is 0 Å². The van der Waals surface area contributed by atoms with Gasteiger partial charge in [0.2, 0.25) is 0 Å². The third-order valence-corrected chi connectivity index (χ3v) is 11.5. The summed E-state index contributed by atoms with van der Waals surface area (Å²) >= 11 is 0. The fraction of sp³-hybridized carbons (Fsp3) is 0.689. The lowest BCUT2D eigenvalue weighted by Gasteiger charge is -2.18. The van der Waals surface area contributed by atoms with Crippen molar-refractivity contribution < 1.29 is 28.6 Å². The number of ether oxygens (including phenoxy) is 3. The van der Waals surface area contributed by atoms with Crippen LogP contribution in [0.4, 0.5) is 0 Å². The van der Waals surface area contributed by atoms with Gasteiger partial charge < -0.3 is 14.2 Å². The summed E-state index contributed by atoms with van der Waals surface area (Å²) in [6.45, 7) is 6.44. The van der Waals surface area contributed by atoms with E-state index >= 15 is 0 Å². The van der Waals surface area contributed by atoms with E-state index < -0.39 is 6.10 Å². The summed E-state index contributed by atoms with van der Waals surface area (Å²) in [5.74, 6) is -0.956. The van der Waals surface area contributed by atoms with E-state index in [1.807, 2.05) is 0 Å². The van der Waals surface area contributed by atoms with E-state index in [-0.39, 0.29) is 31.1 Å². The van der Waals surface area contributed by atoms with Gasteiger partial charge in [-0.15, -0.1) is 0 Å². The Labute approximate surface area is 413 Å². The zero-order chi connectivity index (χ0) is 48.6. The van der Waals surface area contributed by atoms with E-state index in [1.165, 1.54) is 83.5 Å².